The number of aromatic nitrogens is 2. The highest BCUT2D eigenvalue weighted by Crippen LogP contribution is 2.20. The Bertz CT molecular complexity index is 1090. The summed E-state index contributed by atoms with van der Waals surface area (Å²) in [7, 11) is 1.49. The van der Waals surface area contributed by atoms with Crippen LogP contribution >= 0.6 is 0 Å². The Morgan fingerprint density at radius 1 is 1.19 bits per heavy atom. The Morgan fingerprint density at radius 2 is 1.94 bits per heavy atom. The first kappa shape index (κ1) is 21.8. The third-order valence-electron chi connectivity index (χ3n) is 4.37. The molecule has 0 bridgehead atoms. The Hall–Kier alpha value is -3.92. The van der Waals surface area contributed by atoms with Crippen LogP contribution in [0.2, 0.25) is 0 Å². The summed E-state index contributed by atoms with van der Waals surface area (Å²) >= 11 is 0. The predicted octanol–water partition coefficient (Wildman–Crippen LogP) is 3.26. The molecule has 3 aromatic rings. The molecule has 0 spiro atoms. The Morgan fingerprint density at radius 3 is 2.58 bits per heavy atom. The molecule has 0 aliphatic carbocycles. The average Bonchev–Trinajstić information content (AvgIpc) is 2.73. The maximum atomic E-state index is 13.3. The number of urea groups is 1. The molecule has 0 aliphatic rings. The fraction of sp³-hybridized carbons (Fsp3) is 0.143. The second-order valence-corrected chi connectivity index (χ2v) is 6.56. The minimum atomic E-state index is -0.712. The van der Waals surface area contributed by atoms with Gasteiger partial charge in [-0.3, -0.25) is 10.7 Å². The van der Waals surface area contributed by atoms with Gasteiger partial charge >= 0.3 is 6.03 Å². The number of hydrogen-bond acceptors (Lipinski definition) is 6. The van der Waals surface area contributed by atoms with E-state index in [2.05, 4.69) is 20.6 Å². The number of hydrogen-bond donors (Lipinski definition) is 4. The molecule has 8 nitrogen and oxygen atoms in total. The van der Waals surface area contributed by atoms with Crippen LogP contribution in [-0.4, -0.2) is 35.4 Å². The molecule has 0 saturated heterocycles. The monoisotopic (exact) mass is 426 g/mol. The van der Waals surface area contributed by atoms with Gasteiger partial charge in [0.25, 0.3) is 0 Å². The van der Waals surface area contributed by atoms with Gasteiger partial charge in [-0.1, -0.05) is 12.1 Å². The second-order valence-electron chi connectivity index (χ2n) is 6.56. The third kappa shape index (κ3) is 5.58. The van der Waals surface area contributed by atoms with E-state index < -0.39 is 18.0 Å². The van der Waals surface area contributed by atoms with Gasteiger partial charge in [0, 0.05) is 48.5 Å². The Kier molecular flexibility index (Phi) is 6.83. The van der Waals surface area contributed by atoms with Crippen molar-refractivity contribution in [2.45, 2.75) is 6.04 Å². The lowest BCUT2D eigenvalue weighted by atomic mass is 10.0. The number of nitrogen functional groups attached to an aromatic ring is 1. The van der Waals surface area contributed by atoms with E-state index in [0.717, 1.165) is 6.07 Å². The molecule has 0 saturated carbocycles. The topological polar surface area (TPSA) is 126 Å². The van der Waals surface area contributed by atoms with Gasteiger partial charge in [-0.2, -0.15) is 4.39 Å². The fourth-order valence-electron chi connectivity index (χ4n) is 2.86. The maximum Gasteiger partial charge on any atom is 0.320 e. The predicted molar refractivity (Wildman–Crippen MR) is 112 cm³/mol. The summed E-state index contributed by atoms with van der Waals surface area (Å²) in [5.74, 6) is -0.942. The van der Waals surface area contributed by atoms with E-state index in [1.54, 1.807) is 12.1 Å². The number of anilines is 2. The van der Waals surface area contributed by atoms with Crippen molar-refractivity contribution in [3.8, 4) is 0 Å². The molecular formula is C21H20F2N6O2. The summed E-state index contributed by atoms with van der Waals surface area (Å²) in [5.41, 5.74) is 7.40. The largest absolute Gasteiger partial charge is 0.398 e. The molecule has 2 aromatic heterocycles. The van der Waals surface area contributed by atoms with Crippen LogP contribution in [0.5, 0.6) is 0 Å². The number of nitrogens with one attached hydrogen (secondary N) is 3. The van der Waals surface area contributed by atoms with Crippen LogP contribution in [0, 0.1) is 17.2 Å². The molecule has 2 heterocycles. The third-order valence-corrected chi connectivity index (χ3v) is 4.37. The van der Waals surface area contributed by atoms with Gasteiger partial charge in [0.15, 0.2) is 0 Å². The SMILES string of the molecule is COC[C@@H](NC(=O)Nc1cc(N)c(C(=N)c2ccnc(F)c2)cn1)c1ccc(F)cc1. The maximum absolute atomic E-state index is 13.3. The van der Waals surface area contributed by atoms with Gasteiger partial charge in [0.2, 0.25) is 5.95 Å². The number of ether oxygens (including phenoxy) is 1. The summed E-state index contributed by atoms with van der Waals surface area (Å²) in [4.78, 5) is 20.0. The number of nitrogens with zero attached hydrogens (tertiary/aromatic N) is 2. The Balaban J connectivity index is 1.70. The smallest absolute Gasteiger partial charge is 0.320 e. The van der Waals surface area contributed by atoms with Crippen LogP contribution in [0.4, 0.5) is 25.1 Å². The number of nitrogens with two attached hydrogens (primary N) is 1. The first-order valence-corrected chi connectivity index (χ1v) is 9.15. The molecule has 3 rings (SSSR count). The lowest BCUT2D eigenvalue weighted by molar-refractivity contribution is 0.168. The molecule has 0 unspecified atom stereocenters. The van der Waals surface area contributed by atoms with Gasteiger partial charge in [0.05, 0.1) is 18.4 Å². The highest BCUT2D eigenvalue weighted by molar-refractivity contribution is 6.13. The highest BCUT2D eigenvalue weighted by atomic mass is 19.1. The van der Waals surface area contributed by atoms with Crippen LogP contribution in [0.15, 0.2) is 54.9 Å². The quantitative estimate of drug-likeness (QED) is 0.341. The normalized spacial score (nSPS) is 11.6. The zero-order valence-electron chi connectivity index (χ0n) is 16.5. The van der Waals surface area contributed by atoms with Gasteiger partial charge in [0.1, 0.15) is 11.6 Å². The van der Waals surface area contributed by atoms with Gasteiger partial charge in [-0.25, -0.2) is 19.2 Å². The summed E-state index contributed by atoms with van der Waals surface area (Å²) in [6.07, 6.45) is 2.57. The zero-order chi connectivity index (χ0) is 22.4. The average molecular weight is 426 g/mol. The molecule has 0 fully saturated rings. The molecule has 2 amide bonds. The lowest BCUT2D eigenvalue weighted by Crippen LogP contribution is -2.35. The zero-order valence-corrected chi connectivity index (χ0v) is 16.5. The van der Waals surface area contributed by atoms with Crippen molar-refractivity contribution >= 4 is 23.2 Å². The summed E-state index contributed by atoms with van der Waals surface area (Å²) in [6, 6.07) is 8.60. The standard InChI is InChI=1S/C21H20F2N6O2/c1-31-11-17(12-2-4-14(22)5-3-12)28-21(30)29-19-9-16(24)15(10-27-19)20(25)13-6-7-26-18(23)8-13/h2-10,17,25H,11H2,1H3,(H4,24,27,28,29,30)/t17-/m1/s1. The number of carbonyl (C=O) groups is 1. The van der Waals surface area contributed by atoms with Crippen molar-refractivity contribution in [3.63, 3.8) is 0 Å². The van der Waals surface area contributed by atoms with Gasteiger partial charge in [-0.15, -0.1) is 0 Å². The van der Waals surface area contributed by atoms with Crippen molar-refractivity contribution in [2.75, 3.05) is 24.8 Å². The highest BCUT2D eigenvalue weighted by Gasteiger charge is 2.16. The van der Waals surface area contributed by atoms with Crippen molar-refractivity contribution in [3.05, 3.63) is 83.3 Å². The number of pyridine rings is 2. The van der Waals surface area contributed by atoms with Gasteiger partial charge < -0.3 is 15.8 Å². The molecule has 5 N–H and O–H groups in total. The summed E-state index contributed by atoms with van der Waals surface area (Å²) < 4.78 is 31.6. The van der Waals surface area contributed by atoms with E-state index in [1.807, 2.05) is 0 Å². The van der Waals surface area contributed by atoms with Crippen molar-refractivity contribution in [1.29, 1.82) is 5.41 Å². The fourth-order valence-corrected chi connectivity index (χ4v) is 2.86. The van der Waals surface area contributed by atoms with E-state index in [4.69, 9.17) is 15.9 Å². The number of benzene rings is 1. The van der Waals surface area contributed by atoms with E-state index in [9.17, 15) is 13.6 Å². The second kappa shape index (κ2) is 9.72. The van der Waals surface area contributed by atoms with Crippen LogP contribution in [0.3, 0.4) is 0 Å². The lowest BCUT2D eigenvalue weighted by Gasteiger charge is -2.19. The van der Waals surface area contributed by atoms with Crippen LogP contribution in [0.1, 0.15) is 22.7 Å². The number of halogens is 2. The van der Waals surface area contributed by atoms with E-state index in [-0.39, 0.29) is 35.2 Å². The molecule has 31 heavy (non-hydrogen) atoms. The number of methoxy groups -OCH3 is 1. The van der Waals surface area contributed by atoms with E-state index in [0.29, 0.717) is 11.1 Å². The molecule has 1 aromatic carbocycles. The van der Waals surface area contributed by atoms with Crippen molar-refractivity contribution in [2.24, 2.45) is 0 Å². The van der Waals surface area contributed by atoms with Crippen molar-refractivity contribution < 1.29 is 18.3 Å². The van der Waals surface area contributed by atoms with E-state index in [1.165, 1.54) is 43.8 Å². The summed E-state index contributed by atoms with van der Waals surface area (Å²) in [5, 5.41) is 13.5. The minimum absolute atomic E-state index is 0.0289. The number of amides is 2. The van der Waals surface area contributed by atoms with Crippen LogP contribution in [-0.2, 0) is 4.74 Å². The molecule has 160 valence electrons. The molecule has 0 aliphatic heterocycles. The molecule has 1 atom stereocenters. The number of carbonyl (C=O) groups excluding carboxylic acids is 1. The van der Waals surface area contributed by atoms with Gasteiger partial charge in [-0.05, 0) is 23.8 Å². The first-order valence-electron chi connectivity index (χ1n) is 9.15. The molecule has 0 radical (unpaired) electrons. The molecular weight excluding hydrogens is 406 g/mol. The van der Waals surface area contributed by atoms with Crippen LogP contribution < -0.4 is 16.4 Å². The minimum Gasteiger partial charge on any atom is -0.398 e. The first-order chi connectivity index (χ1) is 14.9. The summed E-state index contributed by atoms with van der Waals surface area (Å²) in [6.45, 7) is 0.174. The van der Waals surface area contributed by atoms with Crippen LogP contribution in [0.25, 0.3) is 0 Å². The van der Waals surface area contributed by atoms with E-state index >= 15 is 0 Å². The van der Waals surface area contributed by atoms with Crippen molar-refractivity contribution in [1.82, 2.24) is 15.3 Å². The Labute approximate surface area is 177 Å². The molecule has 10 heteroatoms. The number of rotatable bonds is 7.